The number of rotatable bonds is 55. The van der Waals surface area contributed by atoms with Crippen LogP contribution in [0.5, 0.6) is 0 Å². The SMILES string of the molecule is CC/C=C\C/C=C\C/C=C\C/C=C\CCCCCCCCC(=O)OC(COC(=O)CCCCC/C=C\C/C=C\C/C=C\CC)COC(=O)CCCCCCCCCCCC/C=C\C/C=C\C/C=C\CCCCCCC. The van der Waals surface area contributed by atoms with Crippen molar-refractivity contribution < 1.29 is 28.6 Å². The molecule has 1 atom stereocenters. The second-order valence-corrected chi connectivity index (χ2v) is 20.2. The Bertz CT molecular complexity index is 1570. The molecule has 426 valence electrons. The molecule has 0 aliphatic rings. The van der Waals surface area contributed by atoms with Gasteiger partial charge in [0.05, 0.1) is 0 Å². The van der Waals surface area contributed by atoms with Crippen molar-refractivity contribution in [3.63, 3.8) is 0 Å². The van der Waals surface area contributed by atoms with E-state index in [0.717, 1.165) is 135 Å². The Morgan fingerprint density at radius 1 is 0.280 bits per heavy atom. The first-order valence-electron chi connectivity index (χ1n) is 31.0. The Hall–Kier alpha value is -4.19. The highest BCUT2D eigenvalue weighted by molar-refractivity contribution is 5.71. The molecule has 6 nitrogen and oxygen atoms in total. The molecule has 0 aromatic rings. The molecule has 0 radical (unpaired) electrons. The molecule has 0 aliphatic heterocycles. The van der Waals surface area contributed by atoms with Gasteiger partial charge in [0.1, 0.15) is 13.2 Å². The van der Waals surface area contributed by atoms with Crippen LogP contribution in [0.1, 0.15) is 278 Å². The maximum Gasteiger partial charge on any atom is 0.306 e. The Labute approximate surface area is 462 Å². The van der Waals surface area contributed by atoms with Gasteiger partial charge in [-0.3, -0.25) is 14.4 Å². The van der Waals surface area contributed by atoms with E-state index in [1.54, 1.807) is 0 Å². The van der Waals surface area contributed by atoms with Crippen LogP contribution in [0.3, 0.4) is 0 Å². The van der Waals surface area contributed by atoms with Crippen molar-refractivity contribution in [1.82, 2.24) is 0 Å². The summed E-state index contributed by atoms with van der Waals surface area (Å²) in [4.78, 5) is 38.3. The van der Waals surface area contributed by atoms with Gasteiger partial charge in [0.2, 0.25) is 0 Å². The third-order valence-electron chi connectivity index (χ3n) is 12.9. The van der Waals surface area contributed by atoms with Crippen LogP contribution in [-0.2, 0) is 28.6 Å². The summed E-state index contributed by atoms with van der Waals surface area (Å²) in [5.74, 6) is -0.945. The summed E-state index contributed by atoms with van der Waals surface area (Å²) >= 11 is 0. The van der Waals surface area contributed by atoms with E-state index in [1.807, 2.05) is 0 Å². The average Bonchev–Trinajstić information content (AvgIpc) is 3.41. The van der Waals surface area contributed by atoms with E-state index in [9.17, 15) is 14.4 Å². The monoisotopic (exact) mass is 1040 g/mol. The summed E-state index contributed by atoms with van der Waals surface area (Å²) in [5, 5.41) is 0. The highest BCUT2D eigenvalue weighted by Crippen LogP contribution is 2.15. The van der Waals surface area contributed by atoms with E-state index < -0.39 is 6.10 Å². The van der Waals surface area contributed by atoms with Gasteiger partial charge in [-0.05, 0) is 128 Å². The van der Waals surface area contributed by atoms with Gasteiger partial charge in [0.25, 0.3) is 0 Å². The third-order valence-corrected chi connectivity index (χ3v) is 12.9. The summed E-state index contributed by atoms with van der Waals surface area (Å²) in [6.45, 7) is 6.37. The minimum absolute atomic E-state index is 0.0980. The number of esters is 3. The van der Waals surface area contributed by atoms with Crippen molar-refractivity contribution in [2.24, 2.45) is 0 Å². The zero-order chi connectivity index (χ0) is 54.3. The van der Waals surface area contributed by atoms with Crippen molar-refractivity contribution in [1.29, 1.82) is 0 Å². The lowest BCUT2D eigenvalue weighted by Crippen LogP contribution is -2.30. The number of hydrogen-bond donors (Lipinski definition) is 0. The summed E-state index contributed by atoms with van der Waals surface area (Å²) in [6, 6.07) is 0. The number of allylic oxidation sites excluding steroid dienone is 20. The maximum atomic E-state index is 12.9. The molecule has 0 spiro atoms. The normalized spacial score (nSPS) is 12.9. The number of unbranched alkanes of at least 4 members (excludes halogenated alkanes) is 24. The van der Waals surface area contributed by atoms with Crippen LogP contribution in [0.4, 0.5) is 0 Å². The highest BCUT2D eigenvalue weighted by atomic mass is 16.6. The third kappa shape index (κ3) is 60.6. The number of hydrogen-bond acceptors (Lipinski definition) is 6. The Balaban J connectivity index is 4.38. The smallest absolute Gasteiger partial charge is 0.306 e. The van der Waals surface area contributed by atoms with Crippen molar-refractivity contribution in [3.05, 3.63) is 122 Å². The molecule has 0 aromatic heterocycles. The Morgan fingerprint density at radius 3 is 0.827 bits per heavy atom. The van der Waals surface area contributed by atoms with E-state index >= 15 is 0 Å². The maximum absolute atomic E-state index is 12.9. The number of ether oxygens (including phenoxy) is 3. The fraction of sp³-hybridized carbons (Fsp3) is 0.667. The van der Waals surface area contributed by atoms with Crippen LogP contribution in [0.25, 0.3) is 0 Å². The topological polar surface area (TPSA) is 78.9 Å². The van der Waals surface area contributed by atoms with E-state index in [1.165, 1.54) is 103 Å². The summed E-state index contributed by atoms with van der Waals surface area (Å²) in [5.41, 5.74) is 0. The van der Waals surface area contributed by atoms with Gasteiger partial charge in [-0.25, -0.2) is 0 Å². The van der Waals surface area contributed by atoms with Crippen molar-refractivity contribution in [2.45, 2.75) is 284 Å². The van der Waals surface area contributed by atoms with Gasteiger partial charge < -0.3 is 14.2 Å². The van der Waals surface area contributed by atoms with Crippen LogP contribution in [-0.4, -0.2) is 37.2 Å². The molecule has 0 N–H and O–H groups in total. The molecule has 0 saturated heterocycles. The fourth-order valence-corrected chi connectivity index (χ4v) is 8.34. The molecule has 1 unspecified atom stereocenters. The number of carbonyl (C=O) groups excluding carboxylic acids is 3. The molecule has 75 heavy (non-hydrogen) atoms. The molecule has 6 heteroatoms. The van der Waals surface area contributed by atoms with Crippen molar-refractivity contribution >= 4 is 17.9 Å². The highest BCUT2D eigenvalue weighted by Gasteiger charge is 2.19. The first-order chi connectivity index (χ1) is 37.0. The van der Waals surface area contributed by atoms with Crippen LogP contribution < -0.4 is 0 Å². The summed E-state index contributed by atoms with van der Waals surface area (Å²) < 4.78 is 16.9. The molecular weight excluding hydrogens is 925 g/mol. The minimum atomic E-state index is -0.804. The van der Waals surface area contributed by atoms with Crippen LogP contribution in [0.2, 0.25) is 0 Å². The second-order valence-electron chi connectivity index (χ2n) is 20.2. The molecule has 0 aliphatic carbocycles. The fourth-order valence-electron chi connectivity index (χ4n) is 8.34. The van der Waals surface area contributed by atoms with Gasteiger partial charge in [-0.2, -0.15) is 0 Å². The van der Waals surface area contributed by atoms with Gasteiger partial charge in [-0.15, -0.1) is 0 Å². The van der Waals surface area contributed by atoms with Gasteiger partial charge in [0.15, 0.2) is 6.10 Å². The molecule has 0 rings (SSSR count). The van der Waals surface area contributed by atoms with Crippen molar-refractivity contribution in [2.75, 3.05) is 13.2 Å². The standard InChI is InChI=1S/C69H114O6/c1-4-7-10-13-16-19-22-25-27-29-31-32-33-34-35-36-38-39-41-44-47-50-53-56-59-62-68(71)74-65-66(64-73-67(70)61-58-55-52-49-46-43-24-21-18-15-12-9-6-3)75-69(72)63-60-57-54-51-48-45-42-40-37-30-28-26-23-20-17-14-11-8-5-2/h8-9,11-12,17-18,20-22,25-26,28-29,31,33-34,37,40,43,46,66H,4-7,10,13-16,19,23-24,27,30,32,35-36,38-39,41-42,44-45,47-65H2,1-3H3/b11-8-,12-9-,20-17-,21-18-,25-22-,28-26-,31-29-,34-33-,40-37-,46-43-. The molecule has 0 saturated carbocycles. The molecule has 0 bridgehead atoms. The van der Waals surface area contributed by atoms with E-state index in [0.29, 0.717) is 19.3 Å². The second kappa shape index (κ2) is 62.4. The van der Waals surface area contributed by atoms with Gasteiger partial charge in [0, 0.05) is 19.3 Å². The van der Waals surface area contributed by atoms with E-state index in [4.69, 9.17) is 14.2 Å². The first-order valence-corrected chi connectivity index (χ1v) is 31.0. The lowest BCUT2D eigenvalue weighted by molar-refractivity contribution is -0.167. The zero-order valence-electron chi connectivity index (χ0n) is 48.8. The predicted molar refractivity (Wildman–Crippen MR) is 325 cm³/mol. The van der Waals surface area contributed by atoms with Gasteiger partial charge >= 0.3 is 17.9 Å². The zero-order valence-corrected chi connectivity index (χ0v) is 48.8. The quantitative estimate of drug-likeness (QED) is 0.0261. The van der Waals surface area contributed by atoms with Crippen LogP contribution >= 0.6 is 0 Å². The van der Waals surface area contributed by atoms with Crippen LogP contribution in [0, 0.1) is 0 Å². The molecular formula is C69H114O6. The largest absolute Gasteiger partial charge is 0.462 e. The summed E-state index contributed by atoms with van der Waals surface area (Å²) in [7, 11) is 0. The first kappa shape index (κ1) is 70.8. The lowest BCUT2D eigenvalue weighted by atomic mass is 10.1. The van der Waals surface area contributed by atoms with Crippen molar-refractivity contribution in [3.8, 4) is 0 Å². The van der Waals surface area contributed by atoms with E-state index in [-0.39, 0.29) is 31.1 Å². The minimum Gasteiger partial charge on any atom is -0.462 e. The lowest BCUT2D eigenvalue weighted by Gasteiger charge is -2.18. The Morgan fingerprint density at radius 2 is 0.520 bits per heavy atom. The Kier molecular flexibility index (Phi) is 58.9. The average molecular weight is 1040 g/mol. The number of carbonyl (C=O) groups is 3. The molecule has 0 amide bonds. The van der Waals surface area contributed by atoms with Crippen LogP contribution in [0.15, 0.2) is 122 Å². The predicted octanol–water partition coefficient (Wildman–Crippen LogP) is 21.2. The van der Waals surface area contributed by atoms with Gasteiger partial charge in [-0.1, -0.05) is 251 Å². The molecule has 0 fully saturated rings. The molecule has 0 heterocycles. The summed E-state index contributed by atoms with van der Waals surface area (Å²) in [6.07, 6.45) is 86.3. The van der Waals surface area contributed by atoms with E-state index in [2.05, 4.69) is 142 Å². The molecule has 0 aromatic carbocycles.